The zero-order valence-electron chi connectivity index (χ0n) is 12.4. The van der Waals surface area contributed by atoms with Crippen LogP contribution in [0.1, 0.15) is 38.3 Å². The Morgan fingerprint density at radius 1 is 1.16 bits per heavy atom. The first-order valence-corrected chi connectivity index (χ1v) is 6.73. The minimum Gasteiger partial charge on any atom is -0.311 e. The van der Waals surface area contributed by atoms with Gasteiger partial charge in [-0.1, -0.05) is 19.9 Å². The van der Waals surface area contributed by atoms with Gasteiger partial charge in [0.05, 0.1) is 6.04 Å². The molecule has 0 spiro atoms. The molecule has 0 aliphatic heterocycles. The van der Waals surface area contributed by atoms with Gasteiger partial charge >= 0.3 is 0 Å². The minimum atomic E-state index is -0.493. The molecule has 0 saturated carbocycles. The summed E-state index contributed by atoms with van der Waals surface area (Å²) in [4.78, 5) is 2.06. The predicted octanol–water partition coefficient (Wildman–Crippen LogP) is 3.35. The third-order valence-corrected chi connectivity index (χ3v) is 4.23. The van der Waals surface area contributed by atoms with E-state index >= 15 is 0 Å². The Labute approximate surface area is 114 Å². The third-order valence-electron chi connectivity index (χ3n) is 4.23. The highest BCUT2D eigenvalue weighted by Crippen LogP contribution is 2.37. The Morgan fingerprint density at radius 2 is 1.63 bits per heavy atom. The van der Waals surface area contributed by atoms with E-state index in [1.54, 1.807) is 7.05 Å². The summed E-state index contributed by atoms with van der Waals surface area (Å²) in [5.41, 5.74) is -0.194. The molecule has 0 heterocycles. The molecule has 0 fully saturated rings. The zero-order chi connectivity index (χ0) is 14.6. The monoisotopic (exact) mass is 270 g/mol. The number of hydrogen-bond donors (Lipinski definition) is 1. The highest BCUT2D eigenvalue weighted by atomic mass is 19.1. The summed E-state index contributed by atoms with van der Waals surface area (Å²) in [7, 11) is 5.66. The van der Waals surface area contributed by atoms with Crippen molar-refractivity contribution in [2.75, 3.05) is 21.1 Å². The second-order valence-corrected chi connectivity index (χ2v) is 5.06. The van der Waals surface area contributed by atoms with Crippen molar-refractivity contribution in [3.8, 4) is 0 Å². The van der Waals surface area contributed by atoms with Gasteiger partial charge in [0.2, 0.25) is 0 Å². The van der Waals surface area contributed by atoms with E-state index in [2.05, 4.69) is 10.2 Å². The van der Waals surface area contributed by atoms with Crippen molar-refractivity contribution in [1.29, 1.82) is 0 Å². The van der Waals surface area contributed by atoms with Crippen LogP contribution >= 0.6 is 0 Å². The molecule has 19 heavy (non-hydrogen) atoms. The summed E-state index contributed by atoms with van der Waals surface area (Å²) in [5.74, 6) is -0.986. The summed E-state index contributed by atoms with van der Waals surface area (Å²) in [5, 5.41) is 3.10. The first kappa shape index (κ1) is 16.1. The molecule has 0 saturated heterocycles. The molecule has 1 rings (SSSR count). The molecule has 0 aliphatic carbocycles. The molecule has 1 unspecified atom stereocenters. The lowest BCUT2D eigenvalue weighted by Crippen LogP contribution is -2.53. The van der Waals surface area contributed by atoms with Crippen LogP contribution < -0.4 is 5.32 Å². The first-order chi connectivity index (χ1) is 8.94. The van der Waals surface area contributed by atoms with Crippen LogP contribution in [0.5, 0.6) is 0 Å². The average molecular weight is 270 g/mol. The van der Waals surface area contributed by atoms with E-state index in [9.17, 15) is 8.78 Å². The largest absolute Gasteiger partial charge is 0.311 e. The molecular formula is C15H24F2N2. The molecule has 0 amide bonds. The van der Waals surface area contributed by atoms with E-state index in [1.807, 2.05) is 27.9 Å². The van der Waals surface area contributed by atoms with Crippen LogP contribution in [0.3, 0.4) is 0 Å². The van der Waals surface area contributed by atoms with Crippen LogP contribution in [0, 0.1) is 11.6 Å². The van der Waals surface area contributed by atoms with Gasteiger partial charge in [-0.25, -0.2) is 8.78 Å². The van der Waals surface area contributed by atoms with Crippen molar-refractivity contribution < 1.29 is 8.78 Å². The Kier molecular flexibility index (Phi) is 5.44. The molecular weight excluding hydrogens is 246 g/mol. The van der Waals surface area contributed by atoms with E-state index in [0.717, 1.165) is 12.8 Å². The number of halogens is 2. The van der Waals surface area contributed by atoms with Gasteiger partial charge in [0, 0.05) is 11.1 Å². The average Bonchev–Trinajstić information content (AvgIpc) is 2.37. The molecule has 2 nitrogen and oxygen atoms in total. The lowest BCUT2D eigenvalue weighted by molar-refractivity contribution is 0.0883. The van der Waals surface area contributed by atoms with Gasteiger partial charge in [-0.2, -0.15) is 0 Å². The van der Waals surface area contributed by atoms with E-state index in [-0.39, 0.29) is 11.1 Å². The SMILES string of the molecule is CCC(CC)(C(NC)c1c(F)cccc1F)N(C)C. The lowest BCUT2D eigenvalue weighted by atomic mass is 9.79. The maximum Gasteiger partial charge on any atom is 0.130 e. The van der Waals surface area contributed by atoms with Crippen molar-refractivity contribution in [3.63, 3.8) is 0 Å². The van der Waals surface area contributed by atoms with Crippen LogP contribution in [0.2, 0.25) is 0 Å². The Hall–Kier alpha value is -1.00. The first-order valence-electron chi connectivity index (χ1n) is 6.73. The van der Waals surface area contributed by atoms with Gasteiger partial charge in [-0.05, 0) is 46.1 Å². The van der Waals surface area contributed by atoms with Crippen LogP contribution in [0.15, 0.2) is 18.2 Å². The Balaban J connectivity index is 3.40. The minimum absolute atomic E-state index is 0.127. The third kappa shape index (κ3) is 2.79. The topological polar surface area (TPSA) is 15.3 Å². The van der Waals surface area contributed by atoms with Crippen molar-refractivity contribution >= 4 is 0 Å². The van der Waals surface area contributed by atoms with Crippen molar-refractivity contribution in [2.24, 2.45) is 0 Å². The van der Waals surface area contributed by atoms with Gasteiger partial charge < -0.3 is 10.2 Å². The number of rotatable bonds is 6. The Bertz CT molecular complexity index is 394. The van der Waals surface area contributed by atoms with Gasteiger partial charge in [-0.15, -0.1) is 0 Å². The molecule has 1 N–H and O–H groups in total. The fourth-order valence-corrected chi connectivity index (χ4v) is 3.02. The van der Waals surface area contributed by atoms with Crippen molar-refractivity contribution in [1.82, 2.24) is 10.2 Å². The number of nitrogens with one attached hydrogen (secondary N) is 1. The smallest absolute Gasteiger partial charge is 0.130 e. The van der Waals surface area contributed by atoms with Gasteiger partial charge in [-0.3, -0.25) is 0 Å². The van der Waals surface area contributed by atoms with Crippen LogP contribution in [-0.2, 0) is 0 Å². The van der Waals surface area contributed by atoms with E-state index < -0.39 is 17.7 Å². The van der Waals surface area contributed by atoms with Crippen LogP contribution in [-0.4, -0.2) is 31.6 Å². The molecule has 1 atom stereocenters. The second kappa shape index (κ2) is 6.44. The van der Waals surface area contributed by atoms with E-state index in [1.165, 1.54) is 18.2 Å². The van der Waals surface area contributed by atoms with Crippen LogP contribution in [0.4, 0.5) is 8.78 Å². The zero-order valence-corrected chi connectivity index (χ0v) is 12.4. The molecule has 108 valence electrons. The van der Waals surface area contributed by atoms with Crippen molar-refractivity contribution in [2.45, 2.75) is 38.3 Å². The van der Waals surface area contributed by atoms with Crippen LogP contribution in [0.25, 0.3) is 0 Å². The Morgan fingerprint density at radius 3 is 1.95 bits per heavy atom. The molecule has 1 aromatic carbocycles. The number of likely N-dealkylation sites (N-methyl/N-ethyl adjacent to an activating group) is 2. The number of nitrogens with zero attached hydrogens (tertiary/aromatic N) is 1. The molecule has 4 heteroatoms. The fraction of sp³-hybridized carbons (Fsp3) is 0.600. The van der Waals surface area contributed by atoms with E-state index in [4.69, 9.17) is 0 Å². The molecule has 0 aliphatic rings. The van der Waals surface area contributed by atoms with E-state index in [0.29, 0.717) is 0 Å². The molecule has 0 aromatic heterocycles. The summed E-state index contributed by atoms with van der Waals surface area (Å²) in [6, 6.07) is 3.64. The fourth-order valence-electron chi connectivity index (χ4n) is 3.02. The second-order valence-electron chi connectivity index (χ2n) is 5.06. The lowest BCUT2D eigenvalue weighted by Gasteiger charge is -2.45. The summed E-state index contributed by atoms with van der Waals surface area (Å²) < 4.78 is 28.1. The van der Waals surface area contributed by atoms with Gasteiger partial charge in [0.1, 0.15) is 11.6 Å². The predicted molar refractivity (Wildman–Crippen MR) is 75.2 cm³/mol. The molecule has 1 aromatic rings. The van der Waals surface area contributed by atoms with Gasteiger partial charge in [0.15, 0.2) is 0 Å². The molecule has 0 radical (unpaired) electrons. The summed E-state index contributed by atoms with van der Waals surface area (Å²) in [6.45, 7) is 4.10. The molecule has 0 bridgehead atoms. The number of hydrogen-bond acceptors (Lipinski definition) is 2. The van der Waals surface area contributed by atoms with Crippen molar-refractivity contribution in [3.05, 3.63) is 35.4 Å². The van der Waals surface area contributed by atoms with Gasteiger partial charge in [0.25, 0.3) is 0 Å². The maximum atomic E-state index is 14.1. The summed E-state index contributed by atoms with van der Waals surface area (Å²) in [6.07, 6.45) is 1.60. The maximum absolute atomic E-state index is 14.1. The standard InChI is InChI=1S/C15H24F2N2/c1-6-15(7-2,19(4)5)14(18-3)13-11(16)9-8-10-12(13)17/h8-10,14,18H,6-7H2,1-5H3. The highest BCUT2D eigenvalue weighted by Gasteiger charge is 2.40. The highest BCUT2D eigenvalue weighted by molar-refractivity contribution is 5.27. The number of benzene rings is 1. The quantitative estimate of drug-likeness (QED) is 0.853. The summed E-state index contributed by atoms with van der Waals surface area (Å²) >= 11 is 0. The normalized spacial score (nSPS) is 13.9.